The fourth-order valence-corrected chi connectivity index (χ4v) is 13.0. The Morgan fingerprint density at radius 2 is 1.21 bits per heavy atom. The van der Waals surface area contributed by atoms with E-state index in [0.717, 1.165) is 0 Å². The molecule has 33 heavy (non-hydrogen) atoms. The number of rotatable bonds is 10. The van der Waals surface area contributed by atoms with Crippen LogP contribution in [0.5, 0.6) is 0 Å². The van der Waals surface area contributed by atoms with Crippen molar-refractivity contribution in [2.45, 2.75) is 76.1 Å². The molecule has 1 heterocycles. The van der Waals surface area contributed by atoms with Crippen LogP contribution in [-0.4, -0.2) is 51.1 Å². The van der Waals surface area contributed by atoms with Crippen molar-refractivity contribution >= 4 is 39.6 Å². The second-order valence-electron chi connectivity index (χ2n) is 9.61. The van der Waals surface area contributed by atoms with Crippen LogP contribution in [-0.2, 0) is 4.43 Å². The van der Waals surface area contributed by atoms with Crippen molar-refractivity contribution in [3.8, 4) is 0 Å². The van der Waals surface area contributed by atoms with Crippen LogP contribution in [0, 0.1) is 0 Å². The number of nitrogens with one attached hydrogen (secondary N) is 1. The molecule has 0 fully saturated rings. The van der Waals surface area contributed by atoms with Crippen LogP contribution >= 0.6 is 0 Å². The number of benzene rings is 2. The number of fused-ring (bicyclic) bond motifs is 1. The first kappa shape index (κ1) is 25.9. The van der Waals surface area contributed by atoms with Crippen LogP contribution in [0.1, 0.15) is 69.2 Å². The van der Waals surface area contributed by atoms with Gasteiger partial charge in [0.2, 0.25) is 0 Å². The van der Waals surface area contributed by atoms with Crippen LogP contribution in [0.3, 0.4) is 0 Å². The Kier molecular flexibility index (Phi) is 8.35. The molecule has 1 aliphatic rings. The normalized spacial score (nSPS) is 16.1. The van der Waals surface area contributed by atoms with Gasteiger partial charge in [-0.25, -0.2) is 0 Å². The summed E-state index contributed by atoms with van der Waals surface area (Å²) >= 11 is -0.0545. The standard InChI is InChI=1S/C26H36N2O3SeSi/c1-17(2)33(18(3)4,19(5)6)31-20(7)24(32-21-13-9-8-10-14-21)27-28-25(29)22-15-11-12-16-23(22)26(28)30/h8-20,24,27H,1-7H3/t20-,24-/m1/s1. The molecule has 2 atom stereocenters. The fourth-order valence-electron chi connectivity index (χ4n) is 5.10. The van der Waals surface area contributed by atoms with Gasteiger partial charge in [-0.05, 0) is 0 Å². The maximum atomic E-state index is 13.0. The number of hydrogen-bond acceptors (Lipinski definition) is 4. The molecule has 2 amide bonds. The molecule has 2 aromatic rings. The second-order valence-corrected chi connectivity index (χ2v) is 17.6. The maximum absolute atomic E-state index is 13.0. The number of carbonyl (C=O) groups excluding carboxylic acids is 2. The molecule has 0 aliphatic carbocycles. The van der Waals surface area contributed by atoms with E-state index < -0.39 is 8.32 Å². The first-order chi connectivity index (χ1) is 15.6. The first-order valence-corrected chi connectivity index (χ1v) is 15.7. The van der Waals surface area contributed by atoms with Gasteiger partial charge in [0.05, 0.1) is 0 Å². The van der Waals surface area contributed by atoms with Gasteiger partial charge < -0.3 is 0 Å². The van der Waals surface area contributed by atoms with Crippen molar-refractivity contribution in [3.05, 3.63) is 65.7 Å². The Balaban J connectivity index is 1.92. The van der Waals surface area contributed by atoms with E-state index in [9.17, 15) is 9.59 Å². The number of hydrogen-bond donors (Lipinski definition) is 1. The van der Waals surface area contributed by atoms with Gasteiger partial charge in [-0.3, -0.25) is 0 Å². The van der Waals surface area contributed by atoms with Gasteiger partial charge in [0.25, 0.3) is 0 Å². The zero-order valence-corrected chi connectivity index (χ0v) is 23.4. The summed E-state index contributed by atoms with van der Waals surface area (Å²) in [5, 5.41) is 1.20. The van der Waals surface area contributed by atoms with E-state index >= 15 is 0 Å². The van der Waals surface area contributed by atoms with E-state index in [-0.39, 0.29) is 37.8 Å². The minimum atomic E-state index is -2.14. The predicted molar refractivity (Wildman–Crippen MR) is 137 cm³/mol. The first-order valence-electron chi connectivity index (χ1n) is 11.7. The summed E-state index contributed by atoms with van der Waals surface area (Å²) in [6.07, 6.45) is -0.159. The monoisotopic (exact) mass is 532 g/mol. The van der Waals surface area contributed by atoms with E-state index in [1.54, 1.807) is 24.3 Å². The van der Waals surface area contributed by atoms with E-state index in [0.29, 0.717) is 27.8 Å². The van der Waals surface area contributed by atoms with Crippen LogP contribution in [0.15, 0.2) is 54.6 Å². The summed E-state index contributed by atoms with van der Waals surface area (Å²) in [5.74, 6) is -0.589. The molecule has 0 bridgehead atoms. The van der Waals surface area contributed by atoms with Crippen LogP contribution in [0.2, 0.25) is 16.6 Å². The molecule has 2 aromatic carbocycles. The van der Waals surface area contributed by atoms with E-state index in [4.69, 9.17) is 4.43 Å². The van der Waals surface area contributed by atoms with Crippen molar-refractivity contribution in [1.29, 1.82) is 0 Å². The van der Waals surface area contributed by atoms with Crippen LogP contribution < -0.4 is 9.89 Å². The number of nitrogens with zero attached hydrogens (tertiary/aromatic N) is 1. The average Bonchev–Trinajstić information content (AvgIpc) is 3.01. The van der Waals surface area contributed by atoms with Crippen molar-refractivity contribution in [2.75, 3.05) is 0 Å². The number of imide groups is 1. The molecule has 0 saturated heterocycles. The number of hydrazine groups is 1. The Morgan fingerprint density at radius 3 is 1.67 bits per heavy atom. The molecule has 1 N–H and O–H groups in total. The fraction of sp³-hybridized carbons (Fsp3) is 0.462. The van der Waals surface area contributed by atoms with E-state index in [1.807, 2.05) is 18.2 Å². The van der Waals surface area contributed by atoms with Gasteiger partial charge in [0.15, 0.2) is 0 Å². The van der Waals surface area contributed by atoms with Crippen molar-refractivity contribution in [2.24, 2.45) is 0 Å². The van der Waals surface area contributed by atoms with Gasteiger partial charge in [0, 0.05) is 0 Å². The van der Waals surface area contributed by atoms with Gasteiger partial charge >= 0.3 is 206 Å². The third-order valence-electron chi connectivity index (χ3n) is 6.58. The molecule has 1 aliphatic heterocycles. The summed E-state index contributed by atoms with van der Waals surface area (Å²) in [5.41, 5.74) is 5.55. The van der Waals surface area contributed by atoms with Crippen molar-refractivity contribution in [1.82, 2.24) is 10.4 Å². The average molecular weight is 532 g/mol. The van der Waals surface area contributed by atoms with Crippen LogP contribution in [0.4, 0.5) is 0 Å². The quantitative estimate of drug-likeness (QED) is 0.356. The van der Waals surface area contributed by atoms with E-state index in [1.165, 1.54) is 9.47 Å². The third kappa shape index (κ3) is 5.18. The SMILES string of the molecule is CC(C)[Si](O[C@H](C)[C@H](NN1C(=O)c2ccccc2C1=O)[Se]c1ccccc1)(C(C)C)C(C)C. The minimum absolute atomic E-state index is 0.0545. The number of amides is 2. The Hall–Kier alpha value is -1.76. The summed E-state index contributed by atoms with van der Waals surface area (Å²) < 4.78 is 8.25. The number of carbonyl (C=O) groups is 2. The molecule has 3 rings (SSSR count). The molecule has 0 saturated carbocycles. The molecule has 0 radical (unpaired) electrons. The summed E-state index contributed by atoms with van der Waals surface area (Å²) in [4.78, 5) is 25.9. The molecule has 7 heteroatoms. The van der Waals surface area contributed by atoms with Crippen molar-refractivity contribution in [3.63, 3.8) is 0 Å². The molecule has 0 unspecified atom stereocenters. The molecule has 5 nitrogen and oxygen atoms in total. The topological polar surface area (TPSA) is 58.6 Å². The summed E-state index contributed by atoms with van der Waals surface area (Å²) in [6.45, 7) is 15.7. The third-order valence-corrected chi connectivity index (χ3v) is 15.5. The zero-order chi connectivity index (χ0) is 24.3. The zero-order valence-electron chi connectivity index (χ0n) is 20.7. The molecule has 0 spiro atoms. The molecule has 0 aromatic heterocycles. The van der Waals surface area contributed by atoms with Gasteiger partial charge in [-0.2, -0.15) is 0 Å². The van der Waals surface area contributed by atoms with Crippen LogP contribution in [0.25, 0.3) is 0 Å². The van der Waals surface area contributed by atoms with Gasteiger partial charge in [-0.15, -0.1) is 0 Å². The van der Waals surface area contributed by atoms with Gasteiger partial charge in [-0.1, -0.05) is 0 Å². The second kappa shape index (κ2) is 10.7. The predicted octanol–water partition coefficient (Wildman–Crippen LogP) is 4.72. The Bertz CT molecular complexity index is 924. The Labute approximate surface area is 205 Å². The Morgan fingerprint density at radius 1 is 0.758 bits per heavy atom. The van der Waals surface area contributed by atoms with Crippen molar-refractivity contribution < 1.29 is 14.0 Å². The summed E-state index contributed by atoms with van der Waals surface area (Å²) in [7, 11) is -2.14. The summed E-state index contributed by atoms with van der Waals surface area (Å²) in [6, 6.07) is 17.3. The van der Waals surface area contributed by atoms with E-state index in [2.05, 4.69) is 66.0 Å². The molecular weight excluding hydrogens is 495 g/mol. The molecule has 178 valence electrons. The molecular formula is C26H36N2O3SeSi. The van der Waals surface area contributed by atoms with Gasteiger partial charge in [0.1, 0.15) is 0 Å².